The summed E-state index contributed by atoms with van der Waals surface area (Å²) in [7, 11) is 1.91. The first-order chi connectivity index (χ1) is 7.25. The normalized spacial score (nSPS) is 9.33. The number of hydrogen-bond donors (Lipinski definition) is 0. The lowest BCUT2D eigenvalue weighted by Gasteiger charge is -1.96. The van der Waals surface area contributed by atoms with Crippen molar-refractivity contribution in [1.29, 1.82) is 0 Å². The summed E-state index contributed by atoms with van der Waals surface area (Å²) in [4.78, 5) is 4.12. The van der Waals surface area contributed by atoms with E-state index < -0.39 is 0 Å². The Morgan fingerprint density at radius 1 is 1.20 bits per heavy atom. The van der Waals surface area contributed by atoms with Gasteiger partial charge < -0.3 is 0 Å². The quantitative estimate of drug-likeness (QED) is 0.713. The van der Waals surface area contributed by atoms with Crippen molar-refractivity contribution in [3.05, 3.63) is 36.3 Å². The molecular weight excluding hydrogens is 186 g/mol. The zero-order valence-electron chi connectivity index (χ0n) is 9.73. The van der Waals surface area contributed by atoms with Crippen molar-refractivity contribution in [1.82, 2.24) is 14.8 Å². The van der Waals surface area contributed by atoms with Gasteiger partial charge >= 0.3 is 0 Å². The van der Waals surface area contributed by atoms with Gasteiger partial charge in [-0.2, -0.15) is 5.10 Å². The van der Waals surface area contributed by atoms with Crippen LogP contribution in [0.5, 0.6) is 0 Å². The molecule has 0 aliphatic rings. The SMILES string of the molecule is CC.Cc1cncc(-c2ccn(C)n2)c1. The smallest absolute Gasteiger partial charge is 0.0938 e. The van der Waals surface area contributed by atoms with Crippen molar-refractivity contribution >= 4 is 0 Å². The third kappa shape index (κ3) is 2.91. The predicted octanol–water partition coefficient (Wildman–Crippen LogP) is 2.82. The second-order valence-corrected chi connectivity index (χ2v) is 3.13. The summed E-state index contributed by atoms with van der Waals surface area (Å²) in [6.45, 7) is 6.03. The van der Waals surface area contributed by atoms with Crippen molar-refractivity contribution in [2.75, 3.05) is 0 Å². The molecule has 80 valence electrons. The minimum atomic E-state index is 0.971. The van der Waals surface area contributed by atoms with Gasteiger partial charge in [-0.1, -0.05) is 13.8 Å². The van der Waals surface area contributed by atoms with Crippen molar-refractivity contribution < 1.29 is 0 Å². The van der Waals surface area contributed by atoms with Crippen LogP contribution in [0.4, 0.5) is 0 Å². The molecule has 3 nitrogen and oxygen atoms in total. The Balaban J connectivity index is 0.000000531. The van der Waals surface area contributed by atoms with Crippen LogP contribution in [0, 0.1) is 6.92 Å². The van der Waals surface area contributed by atoms with E-state index in [2.05, 4.69) is 16.1 Å². The highest BCUT2D eigenvalue weighted by atomic mass is 15.2. The lowest BCUT2D eigenvalue weighted by atomic mass is 10.2. The highest BCUT2D eigenvalue weighted by molar-refractivity contribution is 5.57. The van der Waals surface area contributed by atoms with Gasteiger partial charge in [0.15, 0.2) is 0 Å². The molecule has 2 aromatic heterocycles. The first-order valence-corrected chi connectivity index (χ1v) is 5.17. The van der Waals surface area contributed by atoms with E-state index >= 15 is 0 Å². The molecule has 0 aliphatic carbocycles. The van der Waals surface area contributed by atoms with Gasteiger partial charge in [0, 0.05) is 31.2 Å². The minimum absolute atomic E-state index is 0.971. The van der Waals surface area contributed by atoms with Gasteiger partial charge in [0.25, 0.3) is 0 Å². The Bertz CT molecular complexity index is 418. The van der Waals surface area contributed by atoms with Gasteiger partial charge in [-0.15, -0.1) is 0 Å². The van der Waals surface area contributed by atoms with Crippen LogP contribution in [-0.4, -0.2) is 14.8 Å². The summed E-state index contributed by atoms with van der Waals surface area (Å²) in [6, 6.07) is 4.06. The summed E-state index contributed by atoms with van der Waals surface area (Å²) < 4.78 is 1.79. The molecule has 0 spiro atoms. The van der Waals surface area contributed by atoms with Gasteiger partial charge in [-0.05, 0) is 24.6 Å². The number of aromatic nitrogens is 3. The van der Waals surface area contributed by atoms with Gasteiger partial charge in [-0.3, -0.25) is 9.67 Å². The largest absolute Gasteiger partial charge is 0.275 e. The summed E-state index contributed by atoms with van der Waals surface area (Å²) in [5, 5.41) is 4.30. The fourth-order valence-corrected chi connectivity index (χ4v) is 1.26. The van der Waals surface area contributed by atoms with E-state index in [0.29, 0.717) is 0 Å². The van der Waals surface area contributed by atoms with Crippen LogP contribution in [0.1, 0.15) is 19.4 Å². The molecule has 0 aliphatic heterocycles. The molecule has 0 saturated carbocycles. The summed E-state index contributed by atoms with van der Waals surface area (Å²) in [5.41, 5.74) is 3.20. The topological polar surface area (TPSA) is 30.7 Å². The summed E-state index contributed by atoms with van der Waals surface area (Å²) in [6.07, 6.45) is 5.60. The molecule has 3 heteroatoms. The lowest BCUT2D eigenvalue weighted by Crippen LogP contribution is -1.88. The number of aryl methyl sites for hydroxylation is 2. The molecule has 0 amide bonds. The van der Waals surface area contributed by atoms with Crippen LogP contribution in [0.25, 0.3) is 11.3 Å². The highest BCUT2D eigenvalue weighted by Gasteiger charge is 2.00. The van der Waals surface area contributed by atoms with Gasteiger partial charge in [-0.25, -0.2) is 0 Å². The van der Waals surface area contributed by atoms with Crippen LogP contribution in [-0.2, 0) is 7.05 Å². The Morgan fingerprint density at radius 3 is 2.47 bits per heavy atom. The molecule has 0 atom stereocenters. The van der Waals surface area contributed by atoms with Crippen molar-refractivity contribution in [2.45, 2.75) is 20.8 Å². The van der Waals surface area contributed by atoms with E-state index in [-0.39, 0.29) is 0 Å². The molecule has 15 heavy (non-hydrogen) atoms. The third-order valence-corrected chi connectivity index (χ3v) is 1.88. The lowest BCUT2D eigenvalue weighted by molar-refractivity contribution is 0.771. The number of hydrogen-bond acceptors (Lipinski definition) is 2. The first-order valence-electron chi connectivity index (χ1n) is 5.17. The summed E-state index contributed by atoms with van der Waals surface area (Å²) >= 11 is 0. The maximum absolute atomic E-state index is 4.30. The molecule has 0 bridgehead atoms. The molecule has 2 rings (SSSR count). The standard InChI is InChI=1S/C10H11N3.C2H6/c1-8-5-9(7-11-6-8)10-3-4-13(2)12-10;1-2/h3-7H,1-2H3;1-2H3. The molecule has 0 radical (unpaired) electrons. The molecular formula is C12H17N3. The van der Waals surface area contributed by atoms with Crippen LogP contribution in [0.3, 0.4) is 0 Å². The monoisotopic (exact) mass is 203 g/mol. The average molecular weight is 203 g/mol. The Morgan fingerprint density at radius 2 is 1.93 bits per heavy atom. The zero-order valence-corrected chi connectivity index (χ0v) is 9.73. The van der Waals surface area contributed by atoms with Crippen LogP contribution in [0.2, 0.25) is 0 Å². The van der Waals surface area contributed by atoms with E-state index in [4.69, 9.17) is 0 Å². The number of pyridine rings is 1. The first kappa shape index (κ1) is 11.4. The Labute approximate surface area is 90.8 Å². The maximum atomic E-state index is 4.30. The Hall–Kier alpha value is -1.64. The predicted molar refractivity (Wildman–Crippen MR) is 62.5 cm³/mol. The Kier molecular flexibility index (Phi) is 4.03. The van der Waals surface area contributed by atoms with Gasteiger partial charge in [0.05, 0.1) is 5.69 Å². The summed E-state index contributed by atoms with van der Waals surface area (Å²) in [5.74, 6) is 0. The molecule has 0 saturated heterocycles. The van der Waals surface area contributed by atoms with Gasteiger partial charge in [0.2, 0.25) is 0 Å². The van der Waals surface area contributed by atoms with E-state index in [0.717, 1.165) is 16.8 Å². The molecule has 0 aromatic carbocycles. The second-order valence-electron chi connectivity index (χ2n) is 3.13. The second kappa shape index (κ2) is 5.29. The van der Waals surface area contributed by atoms with E-state index in [9.17, 15) is 0 Å². The van der Waals surface area contributed by atoms with Crippen molar-refractivity contribution in [2.24, 2.45) is 7.05 Å². The molecule has 2 heterocycles. The van der Waals surface area contributed by atoms with E-state index in [1.165, 1.54) is 0 Å². The molecule has 0 fully saturated rings. The van der Waals surface area contributed by atoms with Crippen LogP contribution in [0.15, 0.2) is 30.7 Å². The van der Waals surface area contributed by atoms with Crippen molar-refractivity contribution in [3.8, 4) is 11.3 Å². The van der Waals surface area contributed by atoms with Gasteiger partial charge in [0.1, 0.15) is 0 Å². The van der Waals surface area contributed by atoms with Crippen LogP contribution < -0.4 is 0 Å². The average Bonchev–Trinajstić information content (AvgIpc) is 2.68. The maximum Gasteiger partial charge on any atom is 0.0938 e. The van der Waals surface area contributed by atoms with Crippen LogP contribution >= 0.6 is 0 Å². The zero-order chi connectivity index (χ0) is 11.3. The fraction of sp³-hybridized carbons (Fsp3) is 0.333. The number of rotatable bonds is 1. The van der Waals surface area contributed by atoms with Crippen molar-refractivity contribution in [3.63, 3.8) is 0 Å². The number of nitrogens with zero attached hydrogens (tertiary/aromatic N) is 3. The van der Waals surface area contributed by atoms with E-state index in [1.807, 2.05) is 52.5 Å². The minimum Gasteiger partial charge on any atom is -0.275 e. The third-order valence-electron chi connectivity index (χ3n) is 1.88. The molecule has 2 aromatic rings. The molecule has 0 N–H and O–H groups in total. The fourth-order valence-electron chi connectivity index (χ4n) is 1.26. The van der Waals surface area contributed by atoms with E-state index in [1.54, 1.807) is 4.68 Å². The highest BCUT2D eigenvalue weighted by Crippen LogP contribution is 2.15. The molecule has 0 unspecified atom stereocenters.